The summed E-state index contributed by atoms with van der Waals surface area (Å²) in [4.78, 5) is 21.7. The monoisotopic (exact) mass is 294 g/mol. The molecule has 0 aliphatic carbocycles. The molecule has 0 unspecified atom stereocenters. The van der Waals surface area contributed by atoms with Crippen molar-refractivity contribution in [3.63, 3.8) is 0 Å². The quantitative estimate of drug-likeness (QED) is 0.902. The maximum absolute atomic E-state index is 12.8. The number of rotatable bonds is 5. The largest absolute Gasteiger partial charge is 0.356 e. The first-order chi connectivity index (χ1) is 10.0. The van der Waals surface area contributed by atoms with E-state index in [1.165, 1.54) is 12.4 Å². The lowest BCUT2D eigenvalue weighted by atomic mass is 9.97. The van der Waals surface area contributed by atoms with Crippen LogP contribution in [0.1, 0.15) is 33.1 Å². The van der Waals surface area contributed by atoms with Crippen LogP contribution in [0.4, 0.5) is 10.3 Å². The number of aromatic nitrogens is 2. The lowest BCUT2D eigenvalue weighted by Gasteiger charge is -2.32. The molecule has 1 N–H and O–H groups in total. The van der Waals surface area contributed by atoms with Gasteiger partial charge in [-0.1, -0.05) is 13.8 Å². The Hall–Kier alpha value is -1.72. The van der Waals surface area contributed by atoms with E-state index in [1.807, 2.05) is 13.8 Å². The number of piperidine rings is 1. The summed E-state index contributed by atoms with van der Waals surface area (Å²) in [5.41, 5.74) is 0. The molecule has 0 spiro atoms. The predicted molar refractivity (Wildman–Crippen MR) is 79.4 cm³/mol. The van der Waals surface area contributed by atoms with E-state index in [9.17, 15) is 9.18 Å². The molecule has 0 bridgehead atoms. The number of hydrogen-bond donors (Lipinski definition) is 1. The van der Waals surface area contributed by atoms with Gasteiger partial charge in [0.1, 0.15) is 0 Å². The molecular formula is C15H23FN4O. The second-order valence-electron chi connectivity index (χ2n) is 6.03. The summed E-state index contributed by atoms with van der Waals surface area (Å²) in [6.45, 7) is 6.51. The smallest absolute Gasteiger partial charge is 0.225 e. The number of nitrogens with zero attached hydrogens (tertiary/aromatic N) is 3. The molecule has 1 fully saturated rings. The molecule has 0 atom stereocenters. The third-order valence-electron chi connectivity index (χ3n) is 3.69. The molecule has 21 heavy (non-hydrogen) atoms. The van der Waals surface area contributed by atoms with Crippen LogP contribution in [0.25, 0.3) is 0 Å². The van der Waals surface area contributed by atoms with Crippen LogP contribution in [0.3, 0.4) is 0 Å². The normalized spacial score (nSPS) is 16.3. The van der Waals surface area contributed by atoms with E-state index in [2.05, 4.69) is 20.2 Å². The molecule has 6 heteroatoms. The number of hydrogen-bond acceptors (Lipinski definition) is 4. The van der Waals surface area contributed by atoms with Gasteiger partial charge in [-0.05, 0) is 24.7 Å². The fourth-order valence-corrected chi connectivity index (χ4v) is 2.51. The first kappa shape index (κ1) is 15.7. The van der Waals surface area contributed by atoms with Crippen LogP contribution < -0.4 is 10.2 Å². The van der Waals surface area contributed by atoms with Crippen LogP contribution in [0, 0.1) is 17.7 Å². The van der Waals surface area contributed by atoms with Gasteiger partial charge in [0.05, 0.1) is 12.4 Å². The van der Waals surface area contributed by atoms with Crippen molar-refractivity contribution in [2.45, 2.75) is 33.1 Å². The van der Waals surface area contributed by atoms with Crippen LogP contribution >= 0.6 is 0 Å². The Kier molecular flexibility index (Phi) is 5.47. The maximum Gasteiger partial charge on any atom is 0.225 e. The average molecular weight is 294 g/mol. The molecule has 0 aromatic carbocycles. The SMILES string of the molecule is CC(C)CC(=O)NCC1CCN(c2ncc(F)cn2)CC1. The summed E-state index contributed by atoms with van der Waals surface area (Å²) in [5.74, 6) is 1.19. The predicted octanol–water partition coefficient (Wildman–Crippen LogP) is 1.99. The van der Waals surface area contributed by atoms with Gasteiger partial charge in [0, 0.05) is 26.1 Å². The van der Waals surface area contributed by atoms with Crippen LogP contribution in [-0.2, 0) is 4.79 Å². The van der Waals surface area contributed by atoms with Crippen LogP contribution in [-0.4, -0.2) is 35.5 Å². The molecule has 1 saturated heterocycles. The Morgan fingerprint density at radius 1 is 1.38 bits per heavy atom. The number of nitrogens with one attached hydrogen (secondary N) is 1. The summed E-state index contributed by atoms with van der Waals surface area (Å²) >= 11 is 0. The van der Waals surface area contributed by atoms with Gasteiger partial charge in [0.25, 0.3) is 0 Å². The van der Waals surface area contributed by atoms with E-state index in [-0.39, 0.29) is 5.91 Å². The molecule has 1 aliphatic heterocycles. The van der Waals surface area contributed by atoms with E-state index in [0.717, 1.165) is 32.5 Å². The Bertz CT molecular complexity index is 455. The van der Waals surface area contributed by atoms with Crippen molar-refractivity contribution in [1.29, 1.82) is 0 Å². The minimum absolute atomic E-state index is 0.134. The van der Waals surface area contributed by atoms with Crippen molar-refractivity contribution in [3.05, 3.63) is 18.2 Å². The molecule has 0 saturated carbocycles. The van der Waals surface area contributed by atoms with Crippen molar-refractivity contribution in [2.75, 3.05) is 24.5 Å². The highest BCUT2D eigenvalue weighted by atomic mass is 19.1. The zero-order valence-corrected chi connectivity index (χ0v) is 12.7. The highest BCUT2D eigenvalue weighted by molar-refractivity contribution is 5.76. The van der Waals surface area contributed by atoms with Crippen molar-refractivity contribution < 1.29 is 9.18 Å². The minimum Gasteiger partial charge on any atom is -0.356 e. The Balaban J connectivity index is 1.73. The van der Waals surface area contributed by atoms with Crippen LogP contribution in [0.15, 0.2) is 12.4 Å². The van der Waals surface area contributed by atoms with Gasteiger partial charge in [-0.3, -0.25) is 4.79 Å². The van der Waals surface area contributed by atoms with Gasteiger partial charge in [0.15, 0.2) is 5.82 Å². The van der Waals surface area contributed by atoms with Crippen LogP contribution in [0.5, 0.6) is 0 Å². The van der Waals surface area contributed by atoms with Crippen molar-refractivity contribution in [1.82, 2.24) is 15.3 Å². The first-order valence-corrected chi connectivity index (χ1v) is 7.53. The fraction of sp³-hybridized carbons (Fsp3) is 0.667. The Labute approximate surface area is 125 Å². The zero-order chi connectivity index (χ0) is 15.2. The molecule has 1 aliphatic rings. The van der Waals surface area contributed by atoms with Gasteiger partial charge in [-0.25, -0.2) is 14.4 Å². The second kappa shape index (κ2) is 7.33. The highest BCUT2D eigenvalue weighted by Crippen LogP contribution is 2.19. The van der Waals surface area contributed by atoms with Crippen molar-refractivity contribution in [3.8, 4) is 0 Å². The van der Waals surface area contributed by atoms with E-state index in [1.54, 1.807) is 0 Å². The number of anilines is 1. The summed E-state index contributed by atoms with van der Waals surface area (Å²) in [5, 5.41) is 3.01. The highest BCUT2D eigenvalue weighted by Gasteiger charge is 2.21. The van der Waals surface area contributed by atoms with Gasteiger partial charge in [-0.2, -0.15) is 0 Å². The lowest BCUT2D eigenvalue weighted by Crippen LogP contribution is -2.39. The third-order valence-corrected chi connectivity index (χ3v) is 3.69. The first-order valence-electron chi connectivity index (χ1n) is 7.53. The summed E-state index contributed by atoms with van der Waals surface area (Å²) in [6.07, 6.45) is 4.95. The van der Waals surface area contributed by atoms with E-state index < -0.39 is 5.82 Å². The molecule has 5 nitrogen and oxygen atoms in total. The van der Waals surface area contributed by atoms with Crippen LogP contribution in [0.2, 0.25) is 0 Å². The Morgan fingerprint density at radius 2 is 2.00 bits per heavy atom. The zero-order valence-electron chi connectivity index (χ0n) is 12.7. The van der Waals surface area contributed by atoms with E-state index in [4.69, 9.17) is 0 Å². The molecule has 2 rings (SSSR count). The van der Waals surface area contributed by atoms with Gasteiger partial charge in [-0.15, -0.1) is 0 Å². The molecule has 1 aromatic rings. The van der Waals surface area contributed by atoms with E-state index >= 15 is 0 Å². The lowest BCUT2D eigenvalue weighted by molar-refractivity contribution is -0.122. The molecular weight excluding hydrogens is 271 g/mol. The molecule has 2 heterocycles. The molecule has 1 amide bonds. The molecule has 0 radical (unpaired) electrons. The maximum atomic E-state index is 12.8. The number of amides is 1. The number of carbonyl (C=O) groups excluding carboxylic acids is 1. The fourth-order valence-electron chi connectivity index (χ4n) is 2.51. The number of carbonyl (C=O) groups is 1. The number of halogens is 1. The van der Waals surface area contributed by atoms with E-state index in [0.29, 0.717) is 24.2 Å². The van der Waals surface area contributed by atoms with Crippen molar-refractivity contribution in [2.24, 2.45) is 11.8 Å². The standard InChI is InChI=1S/C15H23FN4O/c1-11(2)7-14(21)17-8-12-3-5-20(6-4-12)15-18-9-13(16)10-19-15/h9-12H,3-8H2,1-2H3,(H,17,21). The summed E-state index contributed by atoms with van der Waals surface area (Å²) in [7, 11) is 0. The topological polar surface area (TPSA) is 58.1 Å². The summed E-state index contributed by atoms with van der Waals surface area (Å²) in [6, 6.07) is 0. The Morgan fingerprint density at radius 3 is 2.57 bits per heavy atom. The van der Waals surface area contributed by atoms with Gasteiger partial charge in [0.2, 0.25) is 11.9 Å². The second-order valence-corrected chi connectivity index (χ2v) is 6.03. The van der Waals surface area contributed by atoms with Gasteiger partial charge < -0.3 is 10.2 Å². The van der Waals surface area contributed by atoms with Gasteiger partial charge >= 0.3 is 0 Å². The average Bonchev–Trinajstić information content (AvgIpc) is 2.46. The summed E-state index contributed by atoms with van der Waals surface area (Å²) < 4.78 is 12.8. The van der Waals surface area contributed by atoms with Crippen molar-refractivity contribution >= 4 is 11.9 Å². The molecule has 116 valence electrons. The molecule has 1 aromatic heterocycles. The minimum atomic E-state index is -0.415. The third kappa shape index (κ3) is 4.95.